The largest absolute Gasteiger partial charge is 0.481 e. The van der Waals surface area contributed by atoms with Gasteiger partial charge in [0.25, 0.3) is 10.0 Å². The third-order valence-corrected chi connectivity index (χ3v) is 6.67. The Bertz CT molecular complexity index is 1380. The highest BCUT2D eigenvalue weighted by Crippen LogP contribution is 2.34. The second-order valence-electron chi connectivity index (χ2n) is 6.67. The van der Waals surface area contributed by atoms with Crippen LogP contribution in [-0.2, 0) is 16.4 Å². The number of nitrogens with zero attached hydrogens (tertiary/aromatic N) is 4. The zero-order valence-electron chi connectivity index (χ0n) is 17.2. The van der Waals surface area contributed by atoms with Gasteiger partial charge in [0.1, 0.15) is 10.6 Å². The standard InChI is InChI=1S/C19H17BrF2N6O4S/c1-31-17-11(8-14(21)22)18(32-2)26-19(25-17)27-33(29,30)13-9-23-15-10(13)4-5-12(20)16(15)28-7-3-6-24-28/h3-7,9,14,23H,8H2,1-2H3,(H,25,26,27). The summed E-state index contributed by atoms with van der Waals surface area (Å²) >= 11 is 3.46. The summed E-state index contributed by atoms with van der Waals surface area (Å²) in [6.45, 7) is 0. The number of hydrogen-bond acceptors (Lipinski definition) is 7. The van der Waals surface area contributed by atoms with E-state index in [2.05, 4.69) is 40.7 Å². The highest BCUT2D eigenvalue weighted by Gasteiger charge is 2.25. The molecule has 0 aliphatic carbocycles. The maximum atomic E-state index is 13.2. The number of methoxy groups -OCH3 is 2. The number of aromatic amines is 1. The molecular formula is C19H17BrF2N6O4S. The highest BCUT2D eigenvalue weighted by molar-refractivity contribution is 9.10. The summed E-state index contributed by atoms with van der Waals surface area (Å²) in [5.41, 5.74) is 1.07. The minimum absolute atomic E-state index is 0.0706. The van der Waals surface area contributed by atoms with E-state index in [-0.39, 0.29) is 28.2 Å². The summed E-state index contributed by atoms with van der Waals surface area (Å²) in [7, 11) is -1.74. The van der Waals surface area contributed by atoms with Gasteiger partial charge in [-0.25, -0.2) is 26.6 Å². The van der Waals surface area contributed by atoms with E-state index < -0.39 is 22.9 Å². The van der Waals surface area contributed by atoms with Crippen molar-refractivity contribution in [1.29, 1.82) is 0 Å². The van der Waals surface area contributed by atoms with Crippen molar-refractivity contribution in [1.82, 2.24) is 24.7 Å². The number of nitrogens with one attached hydrogen (secondary N) is 2. The van der Waals surface area contributed by atoms with Crippen LogP contribution in [-0.4, -0.2) is 53.8 Å². The first-order chi connectivity index (χ1) is 15.7. The average molecular weight is 543 g/mol. The number of hydrogen-bond donors (Lipinski definition) is 2. The maximum Gasteiger partial charge on any atom is 0.266 e. The van der Waals surface area contributed by atoms with E-state index >= 15 is 0 Å². The van der Waals surface area contributed by atoms with Crippen molar-refractivity contribution < 1.29 is 26.7 Å². The van der Waals surface area contributed by atoms with E-state index in [1.165, 1.54) is 20.4 Å². The Morgan fingerprint density at radius 2 is 1.91 bits per heavy atom. The Hall–Kier alpha value is -3.26. The van der Waals surface area contributed by atoms with Crippen molar-refractivity contribution in [2.24, 2.45) is 0 Å². The molecule has 0 fully saturated rings. The van der Waals surface area contributed by atoms with Crippen LogP contribution >= 0.6 is 15.9 Å². The lowest BCUT2D eigenvalue weighted by atomic mass is 10.2. The lowest BCUT2D eigenvalue weighted by Crippen LogP contribution is -2.16. The van der Waals surface area contributed by atoms with Crippen LogP contribution in [0, 0.1) is 0 Å². The molecule has 3 aromatic heterocycles. The fraction of sp³-hybridized carbons (Fsp3) is 0.211. The molecule has 174 valence electrons. The lowest BCUT2D eigenvalue weighted by molar-refractivity contribution is 0.146. The molecule has 1 aromatic carbocycles. The van der Waals surface area contributed by atoms with Gasteiger partial charge in [-0.2, -0.15) is 15.1 Å². The van der Waals surface area contributed by atoms with Gasteiger partial charge in [0.15, 0.2) is 0 Å². The summed E-state index contributed by atoms with van der Waals surface area (Å²) in [6.07, 6.45) is 1.23. The maximum absolute atomic E-state index is 13.2. The van der Waals surface area contributed by atoms with Gasteiger partial charge in [-0.05, 0) is 28.1 Å². The molecular weight excluding hydrogens is 526 g/mol. The van der Waals surface area contributed by atoms with Gasteiger partial charge >= 0.3 is 0 Å². The fourth-order valence-corrected chi connectivity index (χ4v) is 4.94. The second kappa shape index (κ2) is 8.94. The van der Waals surface area contributed by atoms with Crippen LogP contribution in [0.1, 0.15) is 5.56 Å². The van der Waals surface area contributed by atoms with Gasteiger partial charge in [0.2, 0.25) is 24.1 Å². The van der Waals surface area contributed by atoms with Gasteiger partial charge in [-0.3, -0.25) is 0 Å². The molecule has 0 bridgehead atoms. The zero-order chi connectivity index (χ0) is 23.8. The van der Waals surface area contributed by atoms with E-state index in [1.807, 2.05) is 0 Å². The highest BCUT2D eigenvalue weighted by atomic mass is 79.9. The molecule has 0 saturated heterocycles. The molecule has 0 amide bonds. The van der Waals surface area contributed by atoms with Crippen LogP contribution in [0.3, 0.4) is 0 Å². The molecule has 0 aliphatic rings. The third kappa shape index (κ3) is 4.35. The minimum atomic E-state index is -4.19. The Kier molecular flexibility index (Phi) is 6.21. The smallest absolute Gasteiger partial charge is 0.266 e. The van der Waals surface area contributed by atoms with E-state index in [9.17, 15) is 17.2 Å². The lowest BCUT2D eigenvalue weighted by Gasteiger charge is -2.14. The number of ether oxygens (including phenoxy) is 2. The van der Waals surface area contributed by atoms with Crippen LogP contribution in [0.5, 0.6) is 11.8 Å². The van der Waals surface area contributed by atoms with Gasteiger partial charge in [-0.15, -0.1) is 0 Å². The van der Waals surface area contributed by atoms with Crippen molar-refractivity contribution in [2.45, 2.75) is 17.7 Å². The number of anilines is 1. The SMILES string of the molecule is COc1nc(NS(=O)(=O)c2c[nH]c3c(-n4cccn4)c(Br)ccc23)nc(OC)c1CC(F)F. The molecule has 0 aliphatic heterocycles. The van der Waals surface area contributed by atoms with E-state index in [1.54, 1.807) is 35.3 Å². The molecule has 4 aromatic rings. The number of halogens is 3. The van der Waals surface area contributed by atoms with Crippen molar-refractivity contribution in [3.05, 3.63) is 46.8 Å². The second-order valence-corrected chi connectivity index (χ2v) is 9.17. The van der Waals surface area contributed by atoms with E-state index in [0.29, 0.717) is 21.1 Å². The molecule has 0 atom stereocenters. The van der Waals surface area contributed by atoms with Crippen LogP contribution in [0.25, 0.3) is 16.6 Å². The first-order valence-electron chi connectivity index (χ1n) is 9.34. The number of fused-ring (bicyclic) bond motifs is 1. The van der Waals surface area contributed by atoms with Crippen molar-refractivity contribution in [3.8, 4) is 17.4 Å². The monoisotopic (exact) mass is 542 g/mol. The van der Waals surface area contributed by atoms with Gasteiger partial charge in [-0.1, -0.05) is 6.07 Å². The molecule has 33 heavy (non-hydrogen) atoms. The Balaban J connectivity index is 1.77. The van der Waals surface area contributed by atoms with Gasteiger partial charge in [0.05, 0.1) is 25.3 Å². The molecule has 0 spiro atoms. The molecule has 14 heteroatoms. The summed E-state index contributed by atoms with van der Waals surface area (Å²) in [4.78, 5) is 10.8. The Labute approximate surface area is 195 Å². The average Bonchev–Trinajstić information content (AvgIpc) is 3.44. The van der Waals surface area contributed by atoms with E-state index in [4.69, 9.17) is 9.47 Å². The number of aromatic nitrogens is 5. The minimum Gasteiger partial charge on any atom is -0.481 e. The molecule has 0 saturated carbocycles. The molecule has 4 rings (SSSR count). The molecule has 0 radical (unpaired) electrons. The molecule has 2 N–H and O–H groups in total. The van der Waals surface area contributed by atoms with Gasteiger partial charge in [0, 0.05) is 34.9 Å². The number of H-pyrrole nitrogens is 1. The zero-order valence-corrected chi connectivity index (χ0v) is 19.6. The number of sulfonamides is 1. The summed E-state index contributed by atoms with van der Waals surface area (Å²) in [5.74, 6) is -0.826. The summed E-state index contributed by atoms with van der Waals surface area (Å²) in [6, 6.07) is 5.07. The van der Waals surface area contributed by atoms with Crippen LogP contribution in [0.2, 0.25) is 0 Å². The van der Waals surface area contributed by atoms with Crippen LogP contribution in [0.4, 0.5) is 14.7 Å². The first-order valence-corrected chi connectivity index (χ1v) is 11.6. The van der Waals surface area contributed by atoms with E-state index in [0.717, 1.165) is 0 Å². The summed E-state index contributed by atoms with van der Waals surface area (Å²) < 4.78 is 66.9. The Morgan fingerprint density at radius 1 is 1.21 bits per heavy atom. The van der Waals surface area contributed by atoms with Crippen LogP contribution in [0.15, 0.2) is 46.2 Å². The quantitative estimate of drug-likeness (QED) is 0.349. The molecule has 3 heterocycles. The predicted molar refractivity (Wildman–Crippen MR) is 119 cm³/mol. The molecule has 10 nitrogen and oxygen atoms in total. The topological polar surface area (TPSA) is 124 Å². The third-order valence-electron chi connectivity index (χ3n) is 4.67. The normalized spacial score (nSPS) is 11.8. The fourth-order valence-electron chi connectivity index (χ4n) is 3.31. The van der Waals surface area contributed by atoms with Crippen molar-refractivity contribution in [2.75, 3.05) is 18.9 Å². The number of alkyl halides is 2. The van der Waals surface area contributed by atoms with Gasteiger partial charge < -0.3 is 14.5 Å². The molecule has 0 unspecified atom stereocenters. The predicted octanol–water partition coefficient (Wildman–Crippen LogP) is 3.53. The Morgan fingerprint density at radius 3 is 2.48 bits per heavy atom. The van der Waals surface area contributed by atoms with Crippen molar-refractivity contribution in [3.63, 3.8) is 0 Å². The number of benzene rings is 1. The number of rotatable bonds is 8. The first kappa shape index (κ1) is 22.9. The van der Waals surface area contributed by atoms with Crippen molar-refractivity contribution >= 4 is 42.8 Å². The van der Waals surface area contributed by atoms with Crippen LogP contribution < -0.4 is 14.2 Å². The summed E-state index contributed by atoms with van der Waals surface area (Å²) in [5, 5.41) is 4.60.